The highest BCUT2D eigenvalue weighted by molar-refractivity contribution is 5.85. The van der Waals surface area contributed by atoms with E-state index in [1.54, 1.807) is 4.68 Å². The average Bonchev–Trinajstić information content (AvgIpc) is 2.88. The minimum Gasteiger partial charge on any atom is -0.348 e. The fourth-order valence-corrected chi connectivity index (χ4v) is 2.66. The summed E-state index contributed by atoms with van der Waals surface area (Å²) in [6, 6.07) is 8.38. The molecule has 1 aliphatic rings. The van der Waals surface area contributed by atoms with E-state index in [0.717, 1.165) is 30.9 Å². The van der Waals surface area contributed by atoms with Crippen LogP contribution >= 0.6 is 0 Å². The molecule has 1 aromatic heterocycles. The number of aryl methyl sites for hydroxylation is 2. The maximum absolute atomic E-state index is 11.2. The number of hydrogen-bond acceptors (Lipinski definition) is 3. The van der Waals surface area contributed by atoms with Gasteiger partial charge in [0.05, 0.1) is 11.3 Å². The highest BCUT2D eigenvalue weighted by Crippen LogP contribution is 2.30. The predicted molar refractivity (Wildman–Crippen MR) is 69.7 cm³/mol. The third-order valence-corrected chi connectivity index (χ3v) is 3.50. The first-order valence-corrected chi connectivity index (χ1v) is 6.01. The van der Waals surface area contributed by atoms with Crippen molar-refractivity contribution in [3.63, 3.8) is 0 Å². The van der Waals surface area contributed by atoms with Gasteiger partial charge < -0.3 is 4.90 Å². The number of nitrogens with zero attached hydrogens (tertiary/aromatic N) is 3. The van der Waals surface area contributed by atoms with Crippen LogP contribution in [0.4, 0.5) is 5.82 Å². The SMILES string of the molecule is Cc1nn(C)c(N2Cc3ccccc3C2)c1C=O. The van der Waals surface area contributed by atoms with Gasteiger partial charge in [-0.05, 0) is 18.1 Å². The molecular formula is C14H15N3O. The van der Waals surface area contributed by atoms with E-state index in [2.05, 4.69) is 34.3 Å². The zero-order valence-electron chi connectivity index (χ0n) is 10.6. The number of benzene rings is 1. The Kier molecular flexibility index (Phi) is 2.44. The van der Waals surface area contributed by atoms with Crippen molar-refractivity contribution in [2.24, 2.45) is 7.05 Å². The second kappa shape index (κ2) is 3.98. The van der Waals surface area contributed by atoms with Crippen LogP contribution in [0.2, 0.25) is 0 Å². The number of anilines is 1. The summed E-state index contributed by atoms with van der Waals surface area (Å²) in [5, 5.41) is 4.33. The predicted octanol–water partition coefficient (Wildman–Crippen LogP) is 2.06. The molecule has 0 atom stereocenters. The van der Waals surface area contributed by atoms with Crippen molar-refractivity contribution >= 4 is 12.1 Å². The normalized spacial score (nSPS) is 13.8. The van der Waals surface area contributed by atoms with Crippen molar-refractivity contribution in [3.05, 3.63) is 46.6 Å². The van der Waals surface area contributed by atoms with E-state index in [9.17, 15) is 4.79 Å². The molecule has 0 N–H and O–H groups in total. The lowest BCUT2D eigenvalue weighted by Gasteiger charge is -2.18. The van der Waals surface area contributed by atoms with E-state index >= 15 is 0 Å². The van der Waals surface area contributed by atoms with Gasteiger partial charge in [-0.25, -0.2) is 0 Å². The third-order valence-electron chi connectivity index (χ3n) is 3.50. The highest BCUT2D eigenvalue weighted by atomic mass is 16.1. The van der Waals surface area contributed by atoms with E-state index in [1.807, 2.05) is 14.0 Å². The molecule has 3 rings (SSSR count). The van der Waals surface area contributed by atoms with Crippen LogP contribution in [0.25, 0.3) is 0 Å². The first kappa shape index (κ1) is 11.0. The zero-order chi connectivity index (χ0) is 12.7. The summed E-state index contributed by atoms with van der Waals surface area (Å²) in [6.07, 6.45) is 0.903. The largest absolute Gasteiger partial charge is 0.348 e. The van der Waals surface area contributed by atoms with Gasteiger partial charge in [0.25, 0.3) is 0 Å². The summed E-state index contributed by atoms with van der Waals surface area (Å²) in [5.74, 6) is 0.915. The van der Waals surface area contributed by atoms with E-state index in [4.69, 9.17) is 0 Å². The number of fused-ring (bicyclic) bond motifs is 1. The van der Waals surface area contributed by atoms with Crippen LogP contribution in [0, 0.1) is 6.92 Å². The van der Waals surface area contributed by atoms with Gasteiger partial charge in [0.15, 0.2) is 6.29 Å². The zero-order valence-corrected chi connectivity index (χ0v) is 10.6. The average molecular weight is 241 g/mol. The van der Waals surface area contributed by atoms with Gasteiger partial charge in [0, 0.05) is 20.1 Å². The van der Waals surface area contributed by atoms with Gasteiger partial charge >= 0.3 is 0 Å². The van der Waals surface area contributed by atoms with Gasteiger partial charge in [0.2, 0.25) is 0 Å². The topological polar surface area (TPSA) is 38.1 Å². The Hall–Kier alpha value is -2.10. The van der Waals surface area contributed by atoms with Crippen molar-refractivity contribution in [2.75, 3.05) is 4.90 Å². The molecule has 0 aliphatic carbocycles. The first-order valence-electron chi connectivity index (χ1n) is 6.01. The number of aldehydes is 1. The molecule has 2 aromatic rings. The van der Waals surface area contributed by atoms with Crippen LogP contribution in [0.15, 0.2) is 24.3 Å². The maximum Gasteiger partial charge on any atom is 0.155 e. The number of carbonyl (C=O) groups is 1. The van der Waals surface area contributed by atoms with Crippen LogP contribution in [0.5, 0.6) is 0 Å². The van der Waals surface area contributed by atoms with Crippen molar-refractivity contribution < 1.29 is 4.79 Å². The standard InChI is InChI=1S/C14H15N3O/c1-10-13(9-18)14(16(2)15-10)17-7-11-5-3-4-6-12(11)8-17/h3-6,9H,7-8H2,1-2H3. The minimum atomic E-state index is 0.699. The fraction of sp³-hybridized carbons (Fsp3) is 0.286. The molecule has 92 valence electrons. The Bertz CT molecular complexity index is 590. The Morgan fingerprint density at radius 2 is 1.83 bits per heavy atom. The van der Waals surface area contributed by atoms with Gasteiger partial charge in [0.1, 0.15) is 5.82 Å². The molecule has 0 unspecified atom stereocenters. The van der Waals surface area contributed by atoms with E-state index < -0.39 is 0 Å². The molecule has 4 heteroatoms. The molecule has 0 amide bonds. The molecule has 0 fully saturated rings. The first-order chi connectivity index (χ1) is 8.70. The lowest BCUT2D eigenvalue weighted by Crippen LogP contribution is -2.19. The van der Waals surface area contributed by atoms with Crippen LogP contribution in [0.3, 0.4) is 0 Å². The Morgan fingerprint density at radius 3 is 2.39 bits per heavy atom. The van der Waals surface area contributed by atoms with Gasteiger partial charge in [-0.15, -0.1) is 0 Å². The van der Waals surface area contributed by atoms with E-state index in [0.29, 0.717) is 5.56 Å². The second-order valence-corrected chi connectivity index (χ2v) is 4.69. The molecule has 1 aliphatic heterocycles. The molecule has 0 saturated heterocycles. The number of aromatic nitrogens is 2. The summed E-state index contributed by atoms with van der Waals surface area (Å²) in [6.45, 7) is 3.56. The van der Waals surface area contributed by atoms with Crippen LogP contribution < -0.4 is 4.90 Å². The van der Waals surface area contributed by atoms with Crippen LogP contribution in [-0.4, -0.2) is 16.1 Å². The maximum atomic E-state index is 11.2. The Labute approximate surface area is 106 Å². The molecule has 0 radical (unpaired) electrons. The van der Waals surface area contributed by atoms with Crippen LogP contribution in [-0.2, 0) is 20.1 Å². The quantitative estimate of drug-likeness (QED) is 0.755. The smallest absolute Gasteiger partial charge is 0.155 e. The van der Waals surface area contributed by atoms with Gasteiger partial charge in [-0.1, -0.05) is 24.3 Å². The summed E-state index contributed by atoms with van der Waals surface area (Å²) < 4.78 is 1.80. The molecule has 0 saturated carbocycles. The second-order valence-electron chi connectivity index (χ2n) is 4.69. The van der Waals surface area contributed by atoms with Crippen molar-refractivity contribution in [1.29, 1.82) is 0 Å². The number of carbonyl (C=O) groups excluding carboxylic acids is 1. The van der Waals surface area contributed by atoms with Crippen molar-refractivity contribution in [1.82, 2.24) is 9.78 Å². The molecule has 2 heterocycles. The molecule has 1 aromatic carbocycles. The van der Waals surface area contributed by atoms with Crippen LogP contribution in [0.1, 0.15) is 27.2 Å². The van der Waals surface area contributed by atoms with E-state index in [1.165, 1.54) is 11.1 Å². The fourth-order valence-electron chi connectivity index (χ4n) is 2.66. The lowest BCUT2D eigenvalue weighted by molar-refractivity contribution is 0.112. The molecule has 0 bridgehead atoms. The third kappa shape index (κ3) is 1.53. The Morgan fingerprint density at radius 1 is 1.22 bits per heavy atom. The Balaban J connectivity index is 2.02. The minimum absolute atomic E-state index is 0.699. The molecular weight excluding hydrogens is 226 g/mol. The van der Waals surface area contributed by atoms with E-state index in [-0.39, 0.29) is 0 Å². The van der Waals surface area contributed by atoms with Gasteiger partial charge in [-0.3, -0.25) is 9.48 Å². The van der Waals surface area contributed by atoms with Gasteiger partial charge in [-0.2, -0.15) is 5.10 Å². The lowest BCUT2D eigenvalue weighted by atomic mass is 10.1. The summed E-state index contributed by atoms with van der Waals surface area (Å²) >= 11 is 0. The highest BCUT2D eigenvalue weighted by Gasteiger charge is 2.24. The number of rotatable bonds is 2. The number of hydrogen-bond donors (Lipinski definition) is 0. The monoisotopic (exact) mass is 241 g/mol. The molecule has 18 heavy (non-hydrogen) atoms. The van der Waals surface area contributed by atoms with Crippen molar-refractivity contribution in [3.8, 4) is 0 Å². The molecule has 4 nitrogen and oxygen atoms in total. The summed E-state index contributed by atoms with van der Waals surface area (Å²) in [7, 11) is 1.89. The summed E-state index contributed by atoms with van der Waals surface area (Å²) in [4.78, 5) is 13.4. The summed E-state index contributed by atoms with van der Waals surface area (Å²) in [5.41, 5.74) is 4.14. The van der Waals surface area contributed by atoms with Crippen molar-refractivity contribution in [2.45, 2.75) is 20.0 Å². The molecule has 0 spiro atoms.